The maximum atomic E-state index is 8.74. The van der Waals surface area contributed by atoms with E-state index in [1.54, 1.807) is 0 Å². The van der Waals surface area contributed by atoms with Crippen LogP contribution in [-0.2, 0) is 4.74 Å². The minimum atomic E-state index is 0.120. The first-order chi connectivity index (χ1) is 8.49. The Morgan fingerprint density at radius 1 is 1.00 bits per heavy atom. The Morgan fingerprint density at radius 3 is 2.17 bits per heavy atom. The van der Waals surface area contributed by atoms with Gasteiger partial charge in [-0.25, -0.2) is 0 Å². The fourth-order valence-electron chi connectivity index (χ4n) is 1.76. The molecule has 0 amide bonds. The zero-order valence-electron chi connectivity index (χ0n) is 12.3. The lowest BCUT2D eigenvalue weighted by Crippen LogP contribution is -2.31. The van der Waals surface area contributed by atoms with Crippen LogP contribution in [0.1, 0.15) is 46.5 Å². The van der Waals surface area contributed by atoms with Crippen molar-refractivity contribution >= 4 is 0 Å². The molecule has 0 saturated heterocycles. The first kappa shape index (κ1) is 17.8. The van der Waals surface area contributed by atoms with Crippen LogP contribution >= 0.6 is 0 Å². The molecule has 0 rings (SSSR count). The Kier molecular flexibility index (Phi) is 10.6. The normalized spacial score (nSPS) is 16.8. The van der Waals surface area contributed by atoms with Gasteiger partial charge in [0.2, 0.25) is 0 Å². The van der Waals surface area contributed by atoms with E-state index in [0.29, 0.717) is 18.4 Å². The molecule has 0 spiro atoms. The van der Waals surface area contributed by atoms with Crippen LogP contribution in [0.5, 0.6) is 0 Å². The smallest absolute Gasteiger partial charge is 0.0506 e. The average Bonchev–Trinajstić information content (AvgIpc) is 2.34. The van der Waals surface area contributed by atoms with E-state index in [1.807, 2.05) is 0 Å². The first-order valence-electron chi connectivity index (χ1n) is 7.18. The molecule has 0 saturated carbocycles. The Labute approximate surface area is 112 Å². The molecule has 4 heteroatoms. The zero-order chi connectivity index (χ0) is 14.0. The molecule has 18 heavy (non-hydrogen) atoms. The van der Waals surface area contributed by atoms with Gasteiger partial charge >= 0.3 is 0 Å². The van der Waals surface area contributed by atoms with E-state index in [0.717, 1.165) is 32.3 Å². The topological polar surface area (TPSA) is 81.5 Å². The largest absolute Gasteiger partial charge is 0.396 e. The molecule has 0 heterocycles. The van der Waals surface area contributed by atoms with Gasteiger partial charge in [-0.15, -0.1) is 0 Å². The van der Waals surface area contributed by atoms with Gasteiger partial charge in [0.05, 0.1) is 6.61 Å². The predicted octanol–water partition coefficient (Wildman–Crippen LogP) is 1.50. The van der Waals surface area contributed by atoms with Gasteiger partial charge < -0.3 is 21.3 Å². The van der Waals surface area contributed by atoms with Crippen LogP contribution in [0.4, 0.5) is 0 Å². The summed E-state index contributed by atoms with van der Waals surface area (Å²) in [5.74, 6) is 0.881. The molecule has 0 aromatic rings. The summed E-state index contributed by atoms with van der Waals surface area (Å²) in [7, 11) is 0. The highest BCUT2D eigenvalue weighted by Crippen LogP contribution is 2.09. The van der Waals surface area contributed by atoms with Gasteiger partial charge in [0, 0.05) is 25.3 Å². The van der Waals surface area contributed by atoms with Gasteiger partial charge in [0.25, 0.3) is 0 Å². The Morgan fingerprint density at radius 2 is 1.61 bits per heavy atom. The molecule has 0 aliphatic heterocycles. The third kappa shape index (κ3) is 8.86. The van der Waals surface area contributed by atoms with Crippen molar-refractivity contribution in [2.45, 2.75) is 58.5 Å². The highest BCUT2D eigenvalue weighted by Gasteiger charge is 2.12. The van der Waals surface area contributed by atoms with Crippen LogP contribution in [-0.4, -0.2) is 37.0 Å². The van der Waals surface area contributed by atoms with E-state index in [4.69, 9.17) is 21.3 Å². The third-order valence-electron chi connectivity index (χ3n) is 3.49. The Balaban J connectivity index is 3.47. The summed E-state index contributed by atoms with van der Waals surface area (Å²) in [6, 6.07) is 0.396. The van der Waals surface area contributed by atoms with Gasteiger partial charge in [0.1, 0.15) is 0 Å². The van der Waals surface area contributed by atoms with Crippen LogP contribution in [0.15, 0.2) is 0 Å². The van der Waals surface area contributed by atoms with Gasteiger partial charge in [-0.05, 0) is 37.5 Å². The van der Waals surface area contributed by atoms with Crippen LogP contribution in [0.25, 0.3) is 0 Å². The van der Waals surface area contributed by atoms with Crippen molar-refractivity contribution in [2.75, 3.05) is 19.8 Å². The highest BCUT2D eigenvalue weighted by molar-refractivity contribution is 4.69. The molecule has 0 aromatic carbocycles. The predicted molar refractivity (Wildman–Crippen MR) is 76.3 cm³/mol. The van der Waals surface area contributed by atoms with Crippen LogP contribution in [0.3, 0.4) is 0 Å². The molecule has 2 unspecified atom stereocenters. The van der Waals surface area contributed by atoms with Crippen LogP contribution in [0, 0.1) is 11.8 Å². The van der Waals surface area contributed by atoms with E-state index in [-0.39, 0.29) is 18.7 Å². The number of nitrogens with two attached hydrogens (primary N) is 2. The van der Waals surface area contributed by atoms with Crippen molar-refractivity contribution in [1.29, 1.82) is 0 Å². The number of hydrogen-bond acceptors (Lipinski definition) is 4. The minimum Gasteiger partial charge on any atom is -0.396 e. The highest BCUT2D eigenvalue weighted by atomic mass is 16.5. The molecule has 5 N–H and O–H groups in total. The summed E-state index contributed by atoms with van der Waals surface area (Å²) < 4.78 is 5.63. The molecular weight excluding hydrogens is 228 g/mol. The monoisotopic (exact) mass is 260 g/mol. The van der Waals surface area contributed by atoms with Crippen LogP contribution < -0.4 is 11.5 Å². The molecular formula is C14H32N2O2. The Hall–Kier alpha value is -0.160. The molecule has 0 aromatic heterocycles. The van der Waals surface area contributed by atoms with E-state index >= 15 is 0 Å². The quantitative estimate of drug-likeness (QED) is 0.492. The molecule has 110 valence electrons. The van der Waals surface area contributed by atoms with Crippen LogP contribution in [0.2, 0.25) is 0 Å². The van der Waals surface area contributed by atoms with Crippen molar-refractivity contribution in [3.8, 4) is 0 Å². The van der Waals surface area contributed by atoms with E-state index < -0.39 is 0 Å². The fraction of sp³-hybridized carbons (Fsp3) is 1.00. The average molecular weight is 260 g/mol. The second-order valence-corrected chi connectivity index (χ2v) is 5.63. The molecule has 0 fully saturated rings. The van der Waals surface area contributed by atoms with E-state index in [2.05, 4.69) is 20.8 Å². The van der Waals surface area contributed by atoms with Gasteiger partial charge in [-0.2, -0.15) is 0 Å². The molecule has 0 radical (unpaired) electrons. The summed E-state index contributed by atoms with van der Waals surface area (Å²) in [5.41, 5.74) is 12.0. The molecule has 3 atom stereocenters. The van der Waals surface area contributed by atoms with Gasteiger partial charge in [-0.3, -0.25) is 0 Å². The van der Waals surface area contributed by atoms with E-state index in [1.165, 1.54) is 0 Å². The van der Waals surface area contributed by atoms with E-state index in [9.17, 15) is 0 Å². The Bertz CT molecular complexity index is 189. The second-order valence-electron chi connectivity index (χ2n) is 5.63. The molecule has 0 aliphatic carbocycles. The summed E-state index contributed by atoms with van der Waals surface area (Å²) >= 11 is 0. The molecule has 0 aliphatic rings. The van der Waals surface area contributed by atoms with Gasteiger partial charge in [0.15, 0.2) is 0 Å². The third-order valence-corrected chi connectivity index (χ3v) is 3.49. The summed E-state index contributed by atoms with van der Waals surface area (Å²) in [5, 5.41) is 8.74. The molecule has 0 bridgehead atoms. The maximum Gasteiger partial charge on any atom is 0.0506 e. The molecule has 4 nitrogen and oxygen atoms in total. The number of ether oxygens (including phenoxy) is 1. The number of rotatable bonds is 11. The summed E-state index contributed by atoms with van der Waals surface area (Å²) in [6.45, 7) is 8.07. The first-order valence-corrected chi connectivity index (χ1v) is 7.18. The SMILES string of the molecule is CC(C)C(N)CCCOCC(C)[C@@H](N)CCCO. The number of aliphatic hydroxyl groups excluding tert-OH is 1. The lowest BCUT2D eigenvalue weighted by molar-refractivity contribution is 0.0895. The summed E-state index contributed by atoms with van der Waals surface area (Å²) in [6.07, 6.45) is 3.66. The fourth-order valence-corrected chi connectivity index (χ4v) is 1.76. The number of aliphatic hydroxyl groups is 1. The van der Waals surface area contributed by atoms with Gasteiger partial charge in [-0.1, -0.05) is 20.8 Å². The minimum absolute atomic E-state index is 0.120. The lowest BCUT2D eigenvalue weighted by atomic mass is 9.99. The van der Waals surface area contributed by atoms with Crippen molar-refractivity contribution in [2.24, 2.45) is 23.3 Å². The summed E-state index contributed by atoms with van der Waals surface area (Å²) in [4.78, 5) is 0. The van der Waals surface area contributed by atoms with Crippen molar-refractivity contribution < 1.29 is 9.84 Å². The zero-order valence-corrected chi connectivity index (χ0v) is 12.3. The maximum absolute atomic E-state index is 8.74. The second kappa shape index (κ2) is 10.7. The standard InChI is InChI=1S/C14H32N2O2/c1-11(2)13(15)7-5-9-18-10-12(3)14(16)6-4-8-17/h11-14,17H,4-10,15-16H2,1-3H3/t12?,13?,14-/m0/s1. The lowest BCUT2D eigenvalue weighted by Gasteiger charge is -2.20. The van der Waals surface area contributed by atoms with Crippen molar-refractivity contribution in [3.05, 3.63) is 0 Å². The number of hydrogen-bond donors (Lipinski definition) is 3. The van der Waals surface area contributed by atoms with Crippen molar-refractivity contribution in [1.82, 2.24) is 0 Å². The van der Waals surface area contributed by atoms with Crippen molar-refractivity contribution in [3.63, 3.8) is 0 Å².